The zero-order valence-corrected chi connectivity index (χ0v) is 15.6. The van der Waals surface area contributed by atoms with Crippen LogP contribution in [0.2, 0.25) is 0 Å². The highest BCUT2D eigenvalue weighted by atomic mass is 16.5. The minimum absolute atomic E-state index is 0.199. The third-order valence-corrected chi connectivity index (χ3v) is 4.70. The molecule has 0 spiro atoms. The first-order valence-corrected chi connectivity index (χ1v) is 9.23. The van der Waals surface area contributed by atoms with Gasteiger partial charge in [0.25, 0.3) is 0 Å². The van der Waals surface area contributed by atoms with Gasteiger partial charge in [-0.15, -0.1) is 0 Å². The lowest BCUT2D eigenvalue weighted by Gasteiger charge is -2.23. The Morgan fingerprint density at radius 1 is 1.38 bits per heavy atom. The maximum absolute atomic E-state index is 12.6. The topological polar surface area (TPSA) is 73.1 Å². The Bertz CT molecular complexity index is 716. The summed E-state index contributed by atoms with van der Waals surface area (Å²) in [6, 6.07) is 3.98. The second-order valence-corrected chi connectivity index (χ2v) is 6.94. The monoisotopic (exact) mass is 357 g/mol. The van der Waals surface area contributed by atoms with Crippen LogP contribution >= 0.6 is 0 Å². The summed E-state index contributed by atoms with van der Waals surface area (Å²) in [4.78, 5) is 22.8. The third kappa shape index (κ3) is 5.11. The van der Waals surface area contributed by atoms with Crippen molar-refractivity contribution >= 4 is 5.91 Å². The zero-order valence-electron chi connectivity index (χ0n) is 15.6. The molecule has 7 nitrogen and oxygen atoms in total. The molecule has 0 N–H and O–H groups in total. The Kier molecular flexibility index (Phi) is 6.33. The van der Waals surface area contributed by atoms with E-state index < -0.39 is 0 Å². The van der Waals surface area contributed by atoms with E-state index in [4.69, 9.17) is 4.74 Å². The van der Waals surface area contributed by atoms with E-state index in [1.165, 1.54) is 0 Å². The SMILES string of the molecule is Cc1cc(C)n(CCCC(=O)N2CCOC[C@H](Cc3ccncn3)C2)n1. The average molecular weight is 357 g/mol. The molecule has 1 fully saturated rings. The number of carbonyl (C=O) groups excluding carboxylic acids is 1. The van der Waals surface area contributed by atoms with Crippen LogP contribution in [0, 0.1) is 19.8 Å². The number of aromatic nitrogens is 4. The summed E-state index contributed by atoms with van der Waals surface area (Å²) in [5.74, 6) is 0.470. The first kappa shape index (κ1) is 18.5. The summed E-state index contributed by atoms with van der Waals surface area (Å²) in [5.41, 5.74) is 3.15. The second kappa shape index (κ2) is 8.89. The largest absolute Gasteiger partial charge is 0.379 e. The van der Waals surface area contributed by atoms with Crippen molar-refractivity contribution in [3.63, 3.8) is 0 Å². The van der Waals surface area contributed by atoms with Gasteiger partial charge >= 0.3 is 0 Å². The van der Waals surface area contributed by atoms with Gasteiger partial charge in [-0.2, -0.15) is 5.10 Å². The summed E-state index contributed by atoms with van der Waals surface area (Å²) in [6.45, 7) is 7.47. The van der Waals surface area contributed by atoms with Gasteiger partial charge in [0.15, 0.2) is 0 Å². The first-order valence-electron chi connectivity index (χ1n) is 9.23. The molecule has 7 heteroatoms. The van der Waals surface area contributed by atoms with E-state index in [1.807, 2.05) is 29.5 Å². The Morgan fingerprint density at radius 3 is 3.00 bits per heavy atom. The molecule has 1 aliphatic rings. The van der Waals surface area contributed by atoms with Crippen molar-refractivity contribution in [2.75, 3.05) is 26.3 Å². The molecule has 3 rings (SSSR count). The standard InChI is InChI=1S/C19H27N5O2/c1-15-10-16(2)24(22-15)7-3-4-19(25)23-8-9-26-13-17(12-23)11-18-5-6-20-14-21-18/h5-6,10,14,17H,3-4,7-9,11-13H2,1-2H3/t17-/m1/s1. The van der Waals surface area contributed by atoms with E-state index in [2.05, 4.69) is 21.1 Å². The summed E-state index contributed by atoms with van der Waals surface area (Å²) < 4.78 is 7.68. The van der Waals surface area contributed by atoms with Gasteiger partial charge in [-0.25, -0.2) is 9.97 Å². The molecule has 3 heterocycles. The molecule has 26 heavy (non-hydrogen) atoms. The minimum atomic E-state index is 0.199. The molecule has 1 amide bonds. The molecule has 1 saturated heterocycles. The summed E-state index contributed by atoms with van der Waals surface area (Å²) in [7, 11) is 0. The molecule has 1 atom stereocenters. The van der Waals surface area contributed by atoms with Gasteiger partial charge in [0.1, 0.15) is 6.33 Å². The molecule has 0 saturated carbocycles. The zero-order chi connectivity index (χ0) is 18.4. The van der Waals surface area contributed by atoms with Crippen LogP contribution in [0.15, 0.2) is 24.7 Å². The van der Waals surface area contributed by atoms with E-state index >= 15 is 0 Å². The van der Waals surface area contributed by atoms with Crippen LogP contribution in [-0.4, -0.2) is 56.9 Å². The molecular formula is C19H27N5O2. The number of ether oxygens (including phenoxy) is 1. The van der Waals surface area contributed by atoms with E-state index in [0.717, 1.165) is 43.0 Å². The number of hydrogen-bond acceptors (Lipinski definition) is 5. The molecule has 1 aliphatic heterocycles. The lowest BCUT2D eigenvalue weighted by Crippen LogP contribution is -2.36. The lowest BCUT2D eigenvalue weighted by molar-refractivity contribution is -0.131. The van der Waals surface area contributed by atoms with Crippen molar-refractivity contribution in [3.8, 4) is 0 Å². The van der Waals surface area contributed by atoms with Crippen LogP contribution in [0.5, 0.6) is 0 Å². The maximum atomic E-state index is 12.6. The second-order valence-electron chi connectivity index (χ2n) is 6.94. The normalized spacial score (nSPS) is 17.9. The molecule has 0 radical (unpaired) electrons. The van der Waals surface area contributed by atoms with Crippen molar-refractivity contribution < 1.29 is 9.53 Å². The number of hydrogen-bond donors (Lipinski definition) is 0. The molecule has 0 bridgehead atoms. The van der Waals surface area contributed by atoms with Crippen molar-refractivity contribution in [2.45, 2.75) is 39.7 Å². The summed E-state index contributed by atoms with van der Waals surface area (Å²) in [6.07, 6.45) is 5.46. The Morgan fingerprint density at radius 2 is 2.27 bits per heavy atom. The van der Waals surface area contributed by atoms with Crippen molar-refractivity contribution in [1.82, 2.24) is 24.6 Å². The fraction of sp³-hybridized carbons (Fsp3) is 0.579. The Hall–Kier alpha value is -2.28. The highest BCUT2D eigenvalue weighted by Crippen LogP contribution is 2.14. The number of carbonyl (C=O) groups is 1. The fourth-order valence-corrected chi connectivity index (χ4v) is 3.40. The number of nitrogens with zero attached hydrogens (tertiary/aromatic N) is 5. The smallest absolute Gasteiger partial charge is 0.222 e. The maximum Gasteiger partial charge on any atom is 0.222 e. The van der Waals surface area contributed by atoms with Crippen LogP contribution in [0.1, 0.15) is 29.9 Å². The average Bonchev–Trinajstić information content (AvgIpc) is 2.82. The number of aryl methyl sites for hydroxylation is 3. The molecule has 0 aliphatic carbocycles. The first-order chi connectivity index (χ1) is 12.6. The number of rotatable bonds is 6. The molecular weight excluding hydrogens is 330 g/mol. The highest BCUT2D eigenvalue weighted by Gasteiger charge is 2.22. The summed E-state index contributed by atoms with van der Waals surface area (Å²) >= 11 is 0. The van der Waals surface area contributed by atoms with Crippen molar-refractivity contribution in [3.05, 3.63) is 41.7 Å². The Labute approximate surface area is 154 Å². The predicted octanol–water partition coefficient (Wildman–Crippen LogP) is 1.79. The molecule has 140 valence electrons. The lowest BCUT2D eigenvalue weighted by atomic mass is 10.0. The third-order valence-electron chi connectivity index (χ3n) is 4.70. The van der Waals surface area contributed by atoms with Gasteiger partial charge < -0.3 is 9.64 Å². The van der Waals surface area contributed by atoms with Crippen LogP contribution in [0.3, 0.4) is 0 Å². The van der Waals surface area contributed by atoms with Gasteiger partial charge in [-0.3, -0.25) is 9.48 Å². The van der Waals surface area contributed by atoms with Gasteiger partial charge in [0, 0.05) is 49.6 Å². The molecule has 0 unspecified atom stereocenters. The minimum Gasteiger partial charge on any atom is -0.379 e. The van der Waals surface area contributed by atoms with Crippen LogP contribution in [0.25, 0.3) is 0 Å². The van der Waals surface area contributed by atoms with Crippen molar-refractivity contribution in [1.29, 1.82) is 0 Å². The molecule has 0 aromatic carbocycles. The predicted molar refractivity (Wildman–Crippen MR) is 97.6 cm³/mol. The Balaban J connectivity index is 1.50. The molecule has 2 aromatic heterocycles. The van der Waals surface area contributed by atoms with Gasteiger partial charge in [0.05, 0.1) is 18.9 Å². The van der Waals surface area contributed by atoms with E-state index in [9.17, 15) is 4.79 Å². The summed E-state index contributed by atoms with van der Waals surface area (Å²) in [5, 5.41) is 4.45. The van der Waals surface area contributed by atoms with Gasteiger partial charge in [-0.1, -0.05) is 0 Å². The van der Waals surface area contributed by atoms with Crippen molar-refractivity contribution in [2.24, 2.45) is 5.92 Å². The fourth-order valence-electron chi connectivity index (χ4n) is 3.40. The quantitative estimate of drug-likeness (QED) is 0.788. The van der Waals surface area contributed by atoms with Crippen LogP contribution in [0.4, 0.5) is 0 Å². The number of amides is 1. The van der Waals surface area contributed by atoms with Gasteiger partial charge in [0.2, 0.25) is 5.91 Å². The highest BCUT2D eigenvalue weighted by molar-refractivity contribution is 5.76. The van der Waals surface area contributed by atoms with Crippen LogP contribution < -0.4 is 0 Å². The van der Waals surface area contributed by atoms with Crippen LogP contribution in [-0.2, 0) is 22.5 Å². The van der Waals surface area contributed by atoms with E-state index in [0.29, 0.717) is 26.2 Å². The van der Waals surface area contributed by atoms with E-state index in [1.54, 1.807) is 12.5 Å². The van der Waals surface area contributed by atoms with E-state index in [-0.39, 0.29) is 11.8 Å². The molecule has 2 aromatic rings. The van der Waals surface area contributed by atoms with Gasteiger partial charge in [-0.05, 0) is 38.8 Å².